The van der Waals surface area contributed by atoms with Crippen molar-refractivity contribution in [2.45, 2.75) is 20.2 Å². The molecule has 0 saturated carbocycles. The molecule has 1 fully saturated rings. The van der Waals surface area contributed by atoms with Crippen LogP contribution in [0.4, 0.5) is 24.5 Å². The largest absolute Gasteiger partial charge is 0.573 e. The lowest BCUT2D eigenvalue weighted by molar-refractivity contribution is -0.274. The van der Waals surface area contributed by atoms with Crippen molar-refractivity contribution in [2.24, 2.45) is 0 Å². The van der Waals surface area contributed by atoms with Gasteiger partial charge in [0.05, 0.1) is 6.54 Å². The Morgan fingerprint density at radius 3 is 2.21 bits per heavy atom. The van der Waals surface area contributed by atoms with Crippen molar-refractivity contribution in [3.05, 3.63) is 53.6 Å². The Morgan fingerprint density at radius 2 is 1.62 bits per heavy atom. The van der Waals surface area contributed by atoms with Gasteiger partial charge in [0.25, 0.3) is 5.91 Å². The van der Waals surface area contributed by atoms with Gasteiger partial charge in [0, 0.05) is 50.0 Å². The molecular formula is C23H25F3N4O4. The van der Waals surface area contributed by atoms with Crippen molar-refractivity contribution >= 4 is 29.1 Å². The van der Waals surface area contributed by atoms with Gasteiger partial charge in [-0.2, -0.15) is 0 Å². The van der Waals surface area contributed by atoms with E-state index in [0.717, 1.165) is 17.7 Å². The Labute approximate surface area is 194 Å². The highest BCUT2D eigenvalue weighted by Gasteiger charge is 2.31. The Kier molecular flexibility index (Phi) is 7.77. The summed E-state index contributed by atoms with van der Waals surface area (Å²) in [6.07, 6.45) is -4.78. The Morgan fingerprint density at radius 1 is 0.971 bits per heavy atom. The molecule has 2 N–H and O–H groups in total. The number of amides is 3. The van der Waals surface area contributed by atoms with Gasteiger partial charge in [-0.1, -0.05) is 6.07 Å². The zero-order valence-corrected chi connectivity index (χ0v) is 18.7. The van der Waals surface area contributed by atoms with Gasteiger partial charge in [0.2, 0.25) is 11.8 Å². The van der Waals surface area contributed by atoms with Crippen LogP contribution in [-0.4, -0.2) is 66.6 Å². The molecule has 0 radical (unpaired) electrons. The van der Waals surface area contributed by atoms with Gasteiger partial charge in [-0.05, 0) is 48.9 Å². The number of aryl methyl sites for hydroxylation is 1. The summed E-state index contributed by atoms with van der Waals surface area (Å²) >= 11 is 0. The maximum Gasteiger partial charge on any atom is 0.573 e. The predicted octanol–water partition coefficient (Wildman–Crippen LogP) is 3.25. The van der Waals surface area contributed by atoms with Crippen LogP contribution in [0.1, 0.15) is 22.8 Å². The van der Waals surface area contributed by atoms with Crippen LogP contribution in [0.3, 0.4) is 0 Å². The average Bonchev–Trinajstić information content (AvgIpc) is 2.75. The maximum absolute atomic E-state index is 12.9. The first-order chi connectivity index (χ1) is 16.0. The van der Waals surface area contributed by atoms with E-state index >= 15 is 0 Å². The first-order valence-electron chi connectivity index (χ1n) is 10.6. The van der Waals surface area contributed by atoms with E-state index in [9.17, 15) is 27.6 Å². The van der Waals surface area contributed by atoms with Crippen molar-refractivity contribution in [2.75, 3.05) is 43.4 Å². The number of piperazine rings is 1. The van der Waals surface area contributed by atoms with Crippen LogP contribution in [0.5, 0.6) is 5.75 Å². The normalized spacial score (nSPS) is 14.4. The molecule has 1 saturated heterocycles. The molecule has 0 bridgehead atoms. The number of rotatable bonds is 6. The third kappa shape index (κ3) is 7.20. The lowest BCUT2D eigenvalue weighted by atomic mass is 10.1. The molecule has 3 amide bonds. The van der Waals surface area contributed by atoms with E-state index in [1.54, 1.807) is 23.1 Å². The summed E-state index contributed by atoms with van der Waals surface area (Å²) in [5, 5.41) is 5.35. The second kappa shape index (κ2) is 10.6. The number of nitrogens with one attached hydrogen (secondary N) is 2. The van der Waals surface area contributed by atoms with Gasteiger partial charge >= 0.3 is 6.36 Å². The molecule has 1 heterocycles. The average molecular weight is 478 g/mol. The van der Waals surface area contributed by atoms with Crippen molar-refractivity contribution in [1.82, 2.24) is 9.80 Å². The standard InChI is InChI=1S/C23H25F3N4O4/c1-15-3-4-17(13-20(15)27-16(2)31)22(33)30-11-9-29(10-12-30)14-21(32)28-18-5-7-19(8-6-18)34-23(24,25)26/h3-8,13H,9-12,14H2,1-2H3,(H,27,31)(H,28,32). The quantitative estimate of drug-likeness (QED) is 0.665. The highest BCUT2D eigenvalue weighted by Crippen LogP contribution is 2.24. The summed E-state index contributed by atoms with van der Waals surface area (Å²) < 4.78 is 40.5. The summed E-state index contributed by atoms with van der Waals surface area (Å²) in [4.78, 5) is 40.1. The fourth-order valence-corrected chi connectivity index (χ4v) is 3.51. The van der Waals surface area contributed by atoms with Gasteiger partial charge in [0.1, 0.15) is 5.75 Å². The number of halogens is 3. The Balaban J connectivity index is 1.49. The minimum atomic E-state index is -4.78. The smallest absolute Gasteiger partial charge is 0.406 e. The van der Waals surface area contributed by atoms with E-state index in [-0.39, 0.29) is 30.0 Å². The molecule has 2 aromatic rings. The molecule has 0 aliphatic carbocycles. The number of carbonyl (C=O) groups is 3. The lowest BCUT2D eigenvalue weighted by Gasteiger charge is -2.34. The Bertz CT molecular complexity index is 1050. The molecule has 1 aliphatic heterocycles. The van der Waals surface area contributed by atoms with Gasteiger partial charge in [-0.3, -0.25) is 19.3 Å². The molecule has 0 unspecified atom stereocenters. The molecule has 182 valence electrons. The van der Waals surface area contributed by atoms with Crippen LogP contribution >= 0.6 is 0 Å². The van der Waals surface area contributed by atoms with Crippen LogP contribution < -0.4 is 15.4 Å². The summed E-state index contributed by atoms with van der Waals surface area (Å²) in [5.74, 6) is -1.06. The molecule has 2 aromatic carbocycles. The van der Waals surface area contributed by atoms with Crippen molar-refractivity contribution in [1.29, 1.82) is 0 Å². The van der Waals surface area contributed by atoms with Crippen LogP contribution in [0.15, 0.2) is 42.5 Å². The number of benzene rings is 2. The first kappa shape index (κ1) is 25.0. The summed E-state index contributed by atoms with van der Waals surface area (Å²) in [7, 11) is 0. The molecule has 1 aliphatic rings. The summed E-state index contributed by atoms with van der Waals surface area (Å²) in [6, 6.07) is 10.0. The highest BCUT2D eigenvalue weighted by molar-refractivity contribution is 5.97. The van der Waals surface area contributed by atoms with Crippen LogP contribution in [-0.2, 0) is 9.59 Å². The van der Waals surface area contributed by atoms with E-state index in [0.29, 0.717) is 43.1 Å². The first-order valence-corrected chi connectivity index (χ1v) is 10.6. The van der Waals surface area contributed by atoms with Gasteiger partial charge in [-0.25, -0.2) is 0 Å². The number of hydrogen-bond donors (Lipinski definition) is 2. The minimum absolute atomic E-state index is 0.0834. The third-order valence-electron chi connectivity index (χ3n) is 5.19. The van der Waals surface area contributed by atoms with E-state index in [2.05, 4.69) is 15.4 Å². The molecule has 0 spiro atoms. The summed E-state index contributed by atoms with van der Waals surface area (Å²) in [5.41, 5.74) is 2.26. The minimum Gasteiger partial charge on any atom is -0.406 e. The SMILES string of the molecule is CC(=O)Nc1cc(C(=O)N2CCN(CC(=O)Nc3ccc(OC(F)(F)F)cc3)CC2)ccc1C. The second-order valence-corrected chi connectivity index (χ2v) is 7.90. The molecule has 0 aromatic heterocycles. The zero-order chi connectivity index (χ0) is 24.9. The molecule has 0 atom stereocenters. The monoisotopic (exact) mass is 478 g/mol. The van der Waals surface area contributed by atoms with E-state index in [1.165, 1.54) is 19.1 Å². The van der Waals surface area contributed by atoms with Gasteiger partial charge in [0.15, 0.2) is 0 Å². The number of ether oxygens (including phenoxy) is 1. The predicted molar refractivity (Wildman–Crippen MR) is 120 cm³/mol. The molecule has 34 heavy (non-hydrogen) atoms. The number of carbonyl (C=O) groups excluding carboxylic acids is 3. The topological polar surface area (TPSA) is 91.0 Å². The number of anilines is 2. The molecule has 3 rings (SSSR count). The van der Waals surface area contributed by atoms with E-state index in [4.69, 9.17) is 0 Å². The molecule has 11 heteroatoms. The third-order valence-corrected chi connectivity index (χ3v) is 5.19. The van der Waals surface area contributed by atoms with Gasteiger partial charge < -0.3 is 20.3 Å². The lowest BCUT2D eigenvalue weighted by Crippen LogP contribution is -2.50. The Hall–Kier alpha value is -3.60. The fourth-order valence-electron chi connectivity index (χ4n) is 3.51. The van der Waals surface area contributed by atoms with Crippen molar-refractivity contribution in [3.8, 4) is 5.75 Å². The van der Waals surface area contributed by atoms with Crippen molar-refractivity contribution in [3.63, 3.8) is 0 Å². The van der Waals surface area contributed by atoms with Crippen molar-refractivity contribution < 1.29 is 32.3 Å². The van der Waals surface area contributed by atoms with Crippen LogP contribution in [0.2, 0.25) is 0 Å². The number of nitrogens with zero attached hydrogens (tertiary/aromatic N) is 2. The number of hydrogen-bond acceptors (Lipinski definition) is 5. The molecular weight excluding hydrogens is 453 g/mol. The zero-order valence-electron chi connectivity index (χ0n) is 18.7. The highest BCUT2D eigenvalue weighted by atomic mass is 19.4. The van der Waals surface area contributed by atoms with E-state index < -0.39 is 6.36 Å². The van der Waals surface area contributed by atoms with Gasteiger partial charge in [-0.15, -0.1) is 13.2 Å². The van der Waals surface area contributed by atoms with Crippen LogP contribution in [0, 0.1) is 6.92 Å². The second-order valence-electron chi connectivity index (χ2n) is 7.90. The fraction of sp³-hybridized carbons (Fsp3) is 0.348. The summed E-state index contributed by atoms with van der Waals surface area (Å²) in [6.45, 7) is 5.16. The number of alkyl halides is 3. The maximum atomic E-state index is 12.9. The molecule has 8 nitrogen and oxygen atoms in total. The van der Waals surface area contributed by atoms with Crippen LogP contribution in [0.25, 0.3) is 0 Å². The van der Waals surface area contributed by atoms with E-state index in [1.807, 2.05) is 11.8 Å².